The summed E-state index contributed by atoms with van der Waals surface area (Å²) in [6.45, 7) is 0.231. The summed E-state index contributed by atoms with van der Waals surface area (Å²) >= 11 is 5.90. The summed E-state index contributed by atoms with van der Waals surface area (Å²) in [5, 5.41) is 4.52. The molecule has 0 bridgehead atoms. The molecule has 0 atom stereocenters. The van der Waals surface area contributed by atoms with Gasteiger partial charge in [-0.25, -0.2) is 24.3 Å². The number of hydrogen-bond donors (Lipinski definition) is 0. The summed E-state index contributed by atoms with van der Waals surface area (Å²) in [6, 6.07) is 1.59. The first-order valence-corrected chi connectivity index (χ1v) is 6.38. The van der Waals surface area contributed by atoms with Gasteiger partial charge in [0.25, 0.3) is 0 Å². The van der Waals surface area contributed by atoms with Gasteiger partial charge in [-0.2, -0.15) is 0 Å². The largest absolute Gasteiger partial charge is 0.403 e. The van der Waals surface area contributed by atoms with Crippen molar-refractivity contribution >= 4 is 28.3 Å². The molecule has 4 rings (SSSR count). The maximum atomic E-state index is 11.9. The van der Waals surface area contributed by atoms with E-state index < -0.39 is 5.63 Å². The highest BCUT2D eigenvalue weighted by Gasteiger charge is 2.12. The zero-order valence-corrected chi connectivity index (χ0v) is 11.2. The van der Waals surface area contributed by atoms with Crippen LogP contribution in [0.2, 0.25) is 5.02 Å². The van der Waals surface area contributed by atoms with Gasteiger partial charge in [-0.05, 0) is 6.07 Å². The Hall–Kier alpha value is -2.74. The molecule has 0 radical (unpaired) electrons. The normalized spacial score (nSPS) is 11.5. The van der Waals surface area contributed by atoms with E-state index in [0.717, 1.165) is 0 Å². The van der Waals surface area contributed by atoms with Crippen LogP contribution in [0, 0.1) is 0 Å². The number of halogens is 1. The number of fused-ring (bicyclic) bond motifs is 2. The van der Waals surface area contributed by atoms with Crippen molar-refractivity contribution in [2.75, 3.05) is 0 Å². The third-order valence-electron chi connectivity index (χ3n) is 3.03. The molecule has 104 valence electrons. The van der Waals surface area contributed by atoms with Crippen molar-refractivity contribution in [1.82, 2.24) is 29.1 Å². The molecule has 0 aromatic carbocycles. The van der Waals surface area contributed by atoms with Crippen molar-refractivity contribution in [2.45, 2.75) is 6.54 Å². The minimum Gasteiger partial charge on any atom is -0.403 e. The van der Waals surface area contributed by atoms with Gasteiger partial charge in [-0.15, -0.1) is 5.10 Å². The standard InChI is InChI=1S/C12H7ClN6O2/c13-7-1-2-19-10(7)12(20)21-9(17-19)4-18-6-16-8-3-14-5-15-11(8)18/h1-3,5-6H,4H2. The second kappa shape index (κ2) is 4.38. The van der Waals surface area contributed by atoms with Crippen LogP contribution in [0.5, 0.6) is 0 Å². The first-order chi connectivity index (χ1) is 10.2. The van der Waals surface area contributed by atoms with E-state index in [-0.39, 0.29) is 18.0 Å². The van der Waals surface area contributed by atoms with E-state index in [1.807, 2.05) is 0 Å². The summed E-state index contributed by atoms with van der Waals surface area (Å²) < 4.78 is 8.31. The lowest BCUT2D eigenvalue weighted by molar-refractivity contribution is 0.411. The highest BCUT2D eigenvalue weighted by atomic mass is 35.5. The molecule has 4 heterocycles. The minimum absolute atomic E-state index is 0.221. The van der Waals surface area contributed by atoms with Gasteiger partial charge in [0.05, 0.1) is 17.5 Å². The van der Waals surface area contributed by atoms with Crippen molar-refractivity contribution in [3.05, 3.63) is 52.4 Å². The maximum absolute atomic E-state index is 11.9. The van der Waals surface area contributed by atoms with Crippen molar-refractivity contribution in [3.8, 4) is 0 Å². The predicted molar refractivity (Wildman–Crippen MR) is 73.2 cm³/mol. The Labute approximate surface area is 121 Å². The first-order valence-electron chi connectivity index (χ1n) is 6.00. The fraction of sp³-hybridized carbons (Fsp3) is 0.0833. The topological polar surface area (TPSA) is 91.1 Å². The third-order valence-corrected chi connectivity index (χ3v) is 3.33. The SMILES string of the molecule is O=c1oc(Cn2cnc3cncnc32)nn2ccc(Cl)c12. The lowest BCUT2D eigenvalue weighted by atomic mass is 10.5. The fourth-order valence-electron chi connectivity index (χ4n) is 2.11. The lowest BCUT2D eigenvalue weighted by Gasteiger charge is -2.02. The Morgan fingerprint density at radius 2 is 2.24 bits per heavy atom. The number of nitrogens with zero attached hydrogens (tertiary/aromatic N) is 6. The van der Waals surface area contributed by atoms with Gasteiger partial charge in [-0.1, -0.05) is 11.6 Å². The molecule has 0 saturated heterocycles. The summed E-state index contributed by atoms with van der Waals surface area (Å²) in [6.07, 6.45) is 6.23. The molecular formula is C12H7ClN6O2. The van der Waals surface area contributed by atoms with E-state index in [4.69, 9.17) is 16.0 Å². The summed E-state index contributed by atoms with van der Waals surface area (Å²) in [5.74, 6) is 0.234. The highest BCUT2D eigenvalue weighted by Crippen LogP contribution is 2.14. The molecule has 0 amide bonds. The van der Waals surface area contributed by atoms with Gasteiger partial charge in [0.1, 0.15) is 18.4 Å². The van der Waals surface area contributed by atoms with Crippen LogP contribution in [0.25, 0.3) is 16.7 Å². The fourth-order valence-corrected chi connectivity index (χ4v) is 2.33. The van der Waals surface area contributed by atoms with E-state index in [2.05, 4.69) is 20.1 Å². The Kier molecular flexibility index (Phi) is 2.51. The minimum atomic E-state index is -0.533. The van der Waals surface area contributed by atoms with Crippen molar-refractivity contribution in [2.24, 2.45) is 0 Å². The summed E-state index contributed by atoms with van der Waals surface area (Å²) in [4.78, 5) is 24.1. The summed E-state index contributed by atoms with van der Waals surface area (Å²) in [7, 11) is 0. The first kappa shape index (κ1) is 12.0. The van der Waals surface area contributed by atoms with Crippen LogP contribution in [0.4, 0.5) is 0 Å². The zero-order chi connectivity index (χ0) is 14.4. The molecule has 9 heteroatoms. The number of imidazole rings is 1. The number of rotatable bonds is 2. The van der Waals surface area contributed by atoms with Crippen LogP contribution < -0.4 is 5.63 Å². The van der Waals surface area contributed by atoms with Crippen LogP contribution in [-0.4, -0.2) is 29.1 Å². The molecule has 0 unspecified atom stereocenters. The Bertz CT molecular complexity index is 1020. The molecule has 0 aliphatic heterocycles. The van der Waals surface area contributed by atoms with E-state index >= 15 is 0 Å². The van der Waals surface area contributed by atoms with Gasteiger partial charge in [-0.3, -0.25) is 0 Å². The zero-order valence-electron chi connectivity index (χ0n) is 10.5. The molecule has 0 fully saturated rings. The Morgan fingerprint density at radius 3 is 3.14 bits per heavy atom. The van der Waals surface area contributed by atoms with Gasteiger partial charge in [0, 0.05) is 6.20 Å². The lowest BCUT2D eigenvalue weighted by Crippen LogP contribution is -2.12. The molecule has 0 saturated carbocycles. The number of hydrogen-bond acceptors (Lipinski definition) is 6. The average Bonchev–Trinajstić information content (AvgIpc) is 3.04. The van der Waals surface area contributed by atoms with Crippen LogP contribution in [0.15, 0.2) is 40.3 Å². The predicted octanol–water partition coefficient (Wildman–Crippen LogP) is 1.13. The Morgan fingerprint density at radius 1 is 1.33 bits per heavy atom. The van der Waals surface area contributed by atoms with E-state index in [1.165, 1.54) is 10.8 Å². The third kappa shape index (κ3) is 1.88. The van der Waals surface area contributed by atoms with Crippen molar-refractivity contribution in [3.63, 3.8) is 0 Å². The second-order valence-electron chi connectivity index (χ2n) is 4.34. The molecule has 0 aliphatic rings. The van der Waals surface area contributed by atoms with E-state index in [1.54, 1.807) is 29.4 Å². The monoisotopic (exact) mass is 302 g/mol. The smallest absolute Gasteiger partial charge is 0.365 e. The molecule has 0 N–H and O–H groups in total. The molecule has 0 aliphatic carbocycles. The van der Waals surface area contributed by atoms with Crippen molar-refractivity contribution < 1.29 is 4.42 Å². The molecule has 0 spiro atoms. The molecule has 4 aromatic heterocycles. The van der Waals surface area contributed by atoms with Crippen LogP contribution >= 0.6 is 11.6 Å². The highest BCUT2D eigenvalue weighted by molar-refractivity contribution is 6.33. The number of aromatic nitrogens is 6. The Balaban J connectivity index is 1.82. The van der Waals surface area contributed by atoms with Gasteiger partial charge in [0.15, 0.2) is 11.2 Å². The summed E-state index contributed by atoms with van der Waals surface area (Å²) in [5.41, 5.74) is 0.984. The van der Waals surface area contributed by atoms with Crippen LogP contribution in [-0.2, 0) is 6.54 Å². The maximum Gasteiger partial charge on any atom is 0.365 e. The van der Waals surface area contributed by atoms with Gasteiger partial charge < -0.3 is 8.98 Å². The molecule has 4 aromatic rings. The molecule has 8 nitrogen and oxygen atoms in total. The van der Waals surface area contributed by atoms with E-state index in [9.17, 15) is 4.79 Å². The molecule has 21 heavy (non-hydrogen) atoms. The quantitative estimate of drug-likeness (QED) is 0.551. The average molecular weight is 303 g/mol. The van der Waals surface area contributed by atoms with Crippen molar-refractivity contribution in [1.29, 1.82) is 0 Å². The van der Waals surface area contributed by atoms with Gasteiger partial charge in [0.2, 0.25) is 5.89 Å². The van der Waals surface area contributed by atoms with Crippen LogP contribution in [0.1, 0.15) is 5.89 Å². The van der Waals surface area contributed by atoms with E-state index in [0.29, 0.717) is 16.2 Å². The second-order valence-corrected chi connectivity index (χ2v) is 4.75. The molecular weight excluding hydrogens is 296 g/mol. The van der Waals surface area contributed by atoms with Gasteiger partial charge >= 0.3 is 5.63 Å². The van der Waals surface area contributed by atoms with Crippen LogP contribution in [0.3, 0.4) is 0 Å².